The Morgan fingerprint density at radius 3 is 2.70 bits per heavy atom. The molecule has 1 heterocycles. The summed E-state index contributed by atoms with van der Waals surface area (Å²) in [7, 11) is 3.57. The van der Waals surface area contributed by atoms with Crippen molar-refractivity contribution in [3.8, 4) is 0 Å². The molecular weight excluding hydrogens is 319 g/mol. The van der Waals surface area contributed by atoms with Gasteiger partial charge in [-0.1, -0.05) is 17.7 Å². The second-order valence-electron chi connectivity index (χ2n) is 5.59. The van der Waals surface area contributed by atoms with E-state index in [1.807, 2.05) is 20.9 Å². The van der Waals surface area contributed by atoms with Crippen molar-refractivity contribution in [1.82, 2.24) is 14.7 Å². The van der Waals surface area contributed by atoms with E-state index in [0.717, 1.165) is 17.1 Å². The quantitative estimate of drug-likeness (QED) is 0.912. The van der Waals surface area contributed by atoms with Crippen LogP contribution in [0.5, 0.6) is 0 Å². The van der Waals surface area contributed by atoms with Crippen LogP contribution in [0, 0.1) is 19.7 Å². The number of halogens is 2. The van der Waals surface area contributed by atoms with Gasteiger partial charge in [0.1, 0.15) is 5.82 Å². The Morgan fingerprint density at radius 2 is 2.13 bits per heavy atom. The molecule has 0 atom stereocenters. The normalized spacial score (nSPS) is 11.1. The highest BCUT2D eigenvalue weighted by Crippen LogP contribution is 2.21. The Labute approximate surface area is 140 Å². The number of hydrogen-bond acceptors (Lipinski definition) is 3. The standard InChI is InChI=1S/C16H20ClFN4O/c1-10-16(11(2)22(4)20-10)19-15(23)9-21(3)8-12-13(17)6-5-7-14(12)18/h5-7H,8-9H2,1-4H3,(H,19,23). The lowest BCUT2D eigenvalue weighted by molar-refractivity contribution is -0.117. The molecule has 0 aliphatic carbocycles. The Morgan fingerprint density at radius 1 is 1.43 bits per heavy atom. The Balaban J connectivity index is 2.00. The molecule has 0 spiro atoms. The number of aromatic nitrogens is 2. The van der Waals surface area contributed by atoms with Gasteiger partial charge in [-0.05, 0) is 33.0 Å². The van der Waals surface area contributed by atoms with Crippen LogP contribution < -0.4 is 5.32 Å². The maximum absolute atomic E-state index is 13.8. The average Bonchev–Trinajstić information content (AvgIpc) is 2.69. The first-order chi connectivity index (χ1) is 10.8. The van der Waals surface area contributed by atoms with Crippen LogP contribution in [0.4, 0.5) is 10.1 Å². The molecule has 0 aliphatic heterocycles. The molecule has 5 nitrogen and oxygen atoms in total. The number of benzene rings is 1. The van der Waals surface area contributed by atoms with E-state index >= 15 is 0 Å². The van der Waals surface area contributed by atoms with Gasteiger partial charge in [-0.15, -0.1) is 0 Å². The highest BCUT2D eigenvalue weighted by atomic mass is 35.5. The Hall–Kier alpha value is -1.92. The lowest BCUT2D eigenvalue weighted by Crippen LogP contribution is -2.30. The molecule has 0 saturated heterocycles. The number of nitrogens with one attached hydrogen (secondary N) is 1. The SMILES string of the molecule is Cc1nn(C)c(C)c1NC(=O)CN(C)Cc1c(F)cccc1Cl. The summed E-state index contributed by atoms with van der Waals surface area (Å²) in [4.78, 5) is 13.9. The Kier molecular flexibility index (Phi) is 5.38. The summed E-state index contributed by atoms with van der Waals surface area (Å²) in [6.07, 6.45) is 0. The van der Waals surface area contributed by atoms with Crippen LogP contribution >= 0.6 is 11.6 Å². The molecular formula is C16H20ClFN4O. The minimum atomic E-state index is -0.372. The number of anilines is 1. The van der Waals surface area contributed by atoms with Crippen molar-refractivity contribution in [2.24, 2.45) is 7.05 Å². The first-order valence-electron chi connectivity index (χ1n) is 7.21. The van der Waals surface area contributed by atoms with Crippen LogP contribution in [0.25, 0.3) is 0 Å². The van der Waals surface area contributed by atoms with Gasteiger partial charge < -0.3 is 5.32 Å². The predicted molar refractivity (Wildman–Crippen MR) is 89.1 cm³/mol. The van der Waals surface area contributed by atoms with E-state index in [9.17, 15) is 9.18 Å². The highest BCUT2D eigenvalue weighted by molar-refractivity contribution is 6.31. The van der Waals surface area contributed by atoms with Crippen molar-refractivity contribution < 1.29 is 9.18 Å². The van der Waals surface area contributed by atoms with Crippen LogP contribution in [0.15, 0.2) is 18.2 Å². The van der Waals surface area contributed by atoms with Crippen molar-refractivity contribution in [3.63, 3.8) is 0 Å². The summed E-state index contributed by atoms with van der Waals surface area (Å²) in [6.45, 7) is 4.10. The topological polar surface area (TPSA) is 50.2 Å². The number of likely N-dealkylation sites (N-methyl/N-ethyl adjacent to an activating group) is 1. The summed E-state index contributed by atoms with van der Waals surface area (Å²) in [5.74, 6) is -0.553. The third-order valence-corrected chi connectivity index (χ3v) is 4.03. The minimum Gasteiger partial charge on any atom is -0.322 e. The zero-order valence-electron chi connectivity index (χ0n) is 13.7. The third-order valence-electron chi connectivity index (χ3n) is 3.68. The summed E-state index contributed by atoms with van der Waals surface area (Å²) in [5, 5.41) is 7.47. The fourth-order valence-corrected chi connectivity index (χ4v) is 2.61. The van der Waals surface area contributed by atoms with Gasteiger partial charge in [0.15, 0.2) is 0 Å². The molecule has 1 N–H and O–H groups in total. The van der Waals surface area contributed by atoms with E-state index in [0.29, 0.717) is 10.6 Å². The van der Waals surface area contributed by atoms with Gasteiger partial charge in [0, 0.05) is 24.2 Å². The van der Waals surface area contributed by atoms with Crippen molar-refractivity contribution >= 4 is 23.2 Å². The van der Waals surface area contributed by atoms with Gasteiger partial charge >= 0.3 is 0 Å². The lowest BCUT2D eigenvalue weighted by atomic mass is 10.2. The maximum Gasteiger partial charge on any atom is 0.238 e. The molecule has 23 heavy (non-hydrogen) atoms. The van der Waals surface area contributed by atoms with E-state index in [4.69, 9.17) is 11.6 Å². The fourth-order valence-electron chi connectivity index (χ4n) is 2.39. The molecule has 2 rings (SSSR count). The molecule has 7 heteroatoms. The zero-order valence-corrected chi connectivity index (χ0v) is 14.4. The molecule has 0 aliphatic rings. The number of carbonyl (C=O) groups is 1. The average molecular weight is 339 g/mol. The smallest absolute Gasteiger partial charge is 0.238 e. The van der Waals surface area contributed by atoms with Gasteiger partial charge in [-0.2, -0.15) is 5.10 Å². The van der Waals surface area contributed by atoms with E-state index in [1.165, 1.54) is 6.07 Å². The molecule has 2 aromatic rings. The zero-order chi connectivity index (χ0) is 17.1. The van der Waals surface area contributed by atoms with Gasteiger partial charge in [-0.3, -0.25) is 14.4 Å². The molecule has 1 amide bonds. The third kappa shape index (κ3) is 4.09. The number of amides is 1. The van der Waals surface area contributed by atoms with Crippen molar-refractivity contribution in [2.45, 2.75) is 20.4 Å². The molecule has 1 aromatic heterocycles. The summed E-state index contributed by atoms with van der Waals surface area (Å²) in [6, 6.07) is 4.55. The first-order valence-corrected chi connectivity index (χ1v) is 7.59. The highest BCUT2D eigenvalue weighted by Gasteiger charge is 2.15. The van der Waals surface area contributed by atoms with E-state index < -0.39 is 0 Å². The molecule has 1 aromatic carbocycles. The van der Waals surface area contributed by atoms with Crippen molar-refractivity contribution in [1.29, 1.82) is 0 Å². The van der Waals surface area contributed by atoms with Crippen molar-refractivity contribution in [3.05, 3.63) is 46.0 Å². The summed E-state index contributed by atoms with van der Waals surface area (Å²) >= 11 is 6.01. The number of hydrogen-bond donors (Lipinski definition) is 1. The first kappa shape index (κ1) is 17.4. The molecule has 0 saturated carbocycles. The number of carbonyl (C=O) groups excluding carboxylic acids is 1. The lowest BCUT2D eigenvalue weighted by Gasteiger charge is -2.17. The van der Waals surface area contributed by atoms with Gasteiger partial charge in [0.25, 0.3) is 0 Å². The van der Waals surface area contributed by atoms with Gasteiger partial charge in [0.05, 0.1) is 23.6 Å². The molecule has 0 bridgehead atoms. The summed E-state index contributed by atoms with van der Waals surface area (Å²) < 4.78 is 15.5. The van der Waals surface area contributed by atoms with Crippen LogP contribution in [0.2, 0.25) is 5.02 Å². The van der Waals surface area contributed by atoms with Crippen LogP contribution in [0.1, 0.15) is 17.0 Å². The minimum absolute atomic E-state index is 0.123. The number of nitrogens with zero attached hydrogens (tertiary/aromatic N) is 3. The van der Waals surface area contributed by atoms with Gasteiger partial charge in [0.2, 0.25) is 5.91 Å². The maximum atomic E-state index is 13.8. The molecule has 0 radical (unpaired) electrons. The largest absolute Gasteiger partial charge is 0.322 e. The number of rotatable bonds is 5. The monoisotopic (exact) mass is 338 g/mol. The van der Waals surface area contributed by atoms with Crippen LogP contribution in [-0.4, -0.2) is 34.2 Å². The number of aryl methyl sites for hydroxylation is 2. The fraction of sp³-hybridized carbons (Fsp3) is 0.375. The Bertz CT molecular complexity index is 709. The van der Waals surface area contributed by atoms with Crippen molar-refractivity contribution in [2.75, 3.05) is 18.9 Å². The van der Waals surface area contributed by atoms with Crippen LogP contribution in [-0.2, 0) is 18.4 Å². The molecule has 0 fully saturated rings. The second-order valence-corrected chi connectivity index (χ2v) is 6.00. The molecule has 124 valence electrons. The van der Waals surface area contributed by atoms with E-state index in [2.05, 4.69) is 10.4 Å². The second kappa shape index (κ2) is 7.10. The van der Waals surface area contributed by atoms with Crippen LogP contribution in [0.3, 0.4) is 0 Å². The van der Waals surface area contributed by atoms with E-state index in [1.54, 1.807) is 28.8 Å². The van der Waals surface area contributed by atoms with E-state index in [-0.39, 0.29) is 24.8 Å². The summed E-state index contributed by atoms with van der Waals surface area (Å²) in [5.41, 5.74) is 2.75. The predicted octanol–water partition coefficient (Wildman–Crippen LogP) is 2.90. The van der Waals surface area contributed by atoms with Gasteiger partial charge in [-0.25, -0.2) is 4.39 Å². The molecule has 0 unspecified atom stereocenters.